The Labute approximate surface area is 137 Å². The summed E-state index contributed by atoms with van der Waals surface area (Å²) in [5.74, 6) is 1.13. The molecule has 1 amide bonds. The average molecular weight is 341 g/mol. The molecule has 0 saturated carbocycles. The number of likely N-dealkylation sites (tertiary alicyclic amines) is 1. The SMILES string of the molecule is CC(C)CS(=O)(=O)C1CN(C(=O)CCSc2ccccc2)C1. The molecule has 1 aliphatic heterocycles. The van der Waals surface area contributed by atoms with Crippen molar-refractivity contribution in [3.63, 3.8) is 0 Å². The molecule has 0 aliphatic carbocycles. The Morgan fingerprint density at radius 3 is 2.50 bits per heavy atom. The molecule has 0 aromatic heterocycles. The first-order valence-corrected chi connectivity index (χ1v) is 10.3. The maximum atomic E-state index is 12.0. The van der Waals surface area contributed by atoms with Crippen molar-refractivity contribution in [2.75, 3.05) is 24.6 Å². The molecule has 0 radical (unpaired) electrons. The standard InChI is InChI=1S/C16H23NO3S2/c1-13(2)12-22(19,20)15-10-17(11-15)16(18)8-9-21-14-6-4-3-5-7-14/h3-7,13,15H,8-12H2,1-2H3. The number of amides is 1. The molecule has 1 aromatic carbocycles. The molecular weight excluding hydrogens is 318 g/mol. The second kappa shape index (κ2) is 7.51. The van der Waals surface area contributed by atoms with Gasteiger partial charge in [0.2, 0.25) is 5.91 Å². The molecule has 0 N–H and O–H groups in total. The fourth-order valence-corrected chi connectivity index (χ4v) is 5.28. The summed E-state index contributed by atoms with van der Waals surface area (Å²) in [5.41, 5.74) is 0. The van der Waals surface area contributed by atoms with Crippen LogP contribution in [0.1, 0.15) is 20.3 Å². The van der Waals surface area contributed by atoms with E-state index in [1.807, 2.05) is 44.2 Å². The van der Waals surface area contributed by atoms with Gasteiger partial charge in [-0.15, -0.1) is 11.8 Å². The van der Waals surface area contributed by atoms with E-state index >= 15 is 0 Å². The topological polar surface area (TPSA) is 54.5 Å². The molecule has 1 saturated heterocycles. The molecule has 0 bridgehead atoms. The van der Waals surface area contributed by atoms with Crippen LogP contribution in [0, 0.1) is 5.92 Å². The van der Waals surface area contributed by atoms with Crippen LogP contribution in [0.5, 0.6) is 0 Å². The van der Waals surface area contributed by atoms with E-state index in [4.69, 9.17) is 0 Å². The van der Waals surface area contributed by atoms with Crippen LogP contribution >= 0.6 is 11.8 Å². The van der Waals surface area contributed by atoms with E-state index in [1.165, 1.54) is 0 Å². The summed E-state index contributed by atoms with van der Waals surface area (Å²) in [7, 11) is -3.05. The smallest absolute Gasteiger partial charge is 0.223 e. The van der Waals surface area contributed by atoms with Gasteiger partial charge in [0.05, 0.1) is 11.0 Å². The minimum absolute atomic E-state index is 0.0550. The van der Waals surface area contributed by atoms with Crippen molar-refractivity contribution in [3.8, 4) is 0 Å². The number of hydrogen-bond acceptors (Lipinski definition) is 4. The number of hydrogen-bond donors (Lipinski definition) is 0. The lowest BCUT2D eigenvalue weighted by Crippen LogP contribution is -2.57. The van der Waals surface area contributed by atoms with Gasteiger partial charge in [0.15, 0.2) is 9.84 Å². The van der Waals surface area contributed by atoms with Crippen LogP contribution in [-0.4, -0.2) is 49.1 Å². The molecule has 0 atom stereocenters. The van der Waals surface area contributed by atoms with Gasteiger partial charge in [-0.25, -0.2) is 8.42 Å². The molecule has 122 valence electrons. The summed E-state index contributed by atoms with van der Waals surface area (Å²) in [6.45, 7) is 4.54. The van der Waals surface area contributed by atoms with Gasteiger partial charge in [0.25, 0.3) is 0 Å². The van der Waals surface area contributed by atoms with Crippen molar-refractivity contribution in [3.05, 3.63) is 30.3 Å². The number of nitrogens with zero attached hydrogens (tertiary/aromatic N) is 1. The lowest BCUT2D eigenvalue weighted by Gasteiger charge is -2.39. The van der Waals surface area contributed by atoms with Crippen LogP contribution in [-0.2, 0) is 14.6 Å². The fourth-order valence-electron chi connectivity index (χ4n) is 2.40. The van der Waals surface area contributed by atoms with Crippen molar-refractivity contribution in [2.24, 2.45) is 5.92 Å². The van der Waals surface area contributed by atoms with E-state index in [9.17, 15) is 13.2 Å². The first-order valence-electron chi connectivity index (χ1n) is 7.55. The summed E-state index contributed by atoms with van der Waals surface area (Å²) < 4.78 is 24.1. The molecule has 2 rings (SSSR count). The Kier molecular flexibility index (Phi) is 5.92. The summed E-state index contributed by atoms with van der Waals surface area (Å²) in [5, 5.41) is -0.361. The highest BCUT2D eigenvalue weighted by Gasteiger charge is 2.39. The second-order valence-corrected chi connectivity index (χ2v) is 9.55. The average Bonchev–Trinajstić information content (AvgIpc) is 2.36. The monoisotopic (exact) mass is 341 g/mol. The first kappa shape index (κ1) is 17.3. The van der Waals surface area contributed by atoms with Gasteiger partial charge >= 0.3 is 0 Å². The van der Waals surface area contributed by atoms with Gasteiger partial charge in [-0.2, -0.15) is 0 Å². The summed E-state index contributed by atoms with van der Waals surface area (Å²) in [6, 6.07) is 9.96. The molecule has 1 aliphatic rings. The van der Waals surface area contributed by atoms with Crippen molar-refractivity contribution in [1.29, 1.82) is 0 Å². The number of carbonyl (C=O) groups excluding carboxylic acids is 1. The molecular formula is C16H23NO3S2. The van der Waals surface area contributed by atoms with E-state index in [2.05, 4.69) is 0 Å². The second-order valence-electron chi connectivity index (χ2n) is 6.06. The summed E-state index contributed by atoms with van der Waals surface area (Å²) in [6.07, 6.45) is 0.455. The van der Waals surface area contributed by atoms with Gasteiger partial charge in [0.1, 0.15) is 0 Å². The van der Waals surface area contributed by atoms with Crippen LogP contribution in [0.2, 0.25) is 0 Å². The van der Waals surface area contributed by atoms with Gasteiger partial charge in [-0.1, -0.05) is 32.0 Å². The van der Waals surface area contributed by atoms with Crippen LogP contribution in [0.3, 0.4) is 0 Å². The Morgan fingerprint density at radius 1 is 1.27 bits per heavy atom. The molecule has 22 heavy (non-hydrogen) atoms. The zero-order chi connectivity index (χ0) is 16.2. The maximum Gasteiger partial charge on any atom is 0.223 e. The zero-order valence-electron chi connectivity index (χ0n) is 13.1. The number of rotatable bonds is 7. The van der Waals surface area contributed by atoms with E-state index in [-0.39, 0.29) is 22.8 Å². The van der Waals surface area contributed by atoms with Crippen molar-refractivity contribution >= 4 is 27.5 Å². The highest BCUT2D eigenvalue weighted by Crippen LogP contribution is 2.22. The Bertz CT molecular complexity index is 593. The third-order valence-electron chi connectivity index (χ3n) is 3.60. The van der Waals surface area contributed by atoms with E-state index in [0.717, 1.165) is 10.6 Å². The maximum absolute atomic E-state index is 12.0. The largest absolute Gasteiger partial charge is 0.340 e. The molecule has 1 fully saturated rings. The predicted molar refractivity (Wildman–Crippen MR) is 90.8 cm³/mol. The number of carbonyl (C=O) groups is 1. The Balaban J connectivity index is 1.71. The highest BCUT2D eigenvalue weighted by molar-refractivity contribution is 7.99. The van der Waals surface area contributed by atoms with E-state index in [1.54, 1.807) is 16.7 Å². The number of thioether (sulfide) groups is 1. The Hall–Kier alpha value is -1.01. The van der Waals surface area contributed by atoms with Gasteiger partial charge in [-0.05, 0) is 18.1 Å². The molecule has 4 nitrogen and oxygen atoms in total. The van der Waals surface area contributed by atoms with Crippen LogP contribution < -0.4 is 0 Å². The summed E-state index contributed by atoms with van der Waals surface area (Å²) in [4.78, 5) is 14.8. The summed E-state index contributed by atoms with van der Waals surface area (Å²) >= 11 is 1.65. The van der Waals surface area contributed by atoms with E-state index in [0.29, 0.717) is 19.5 Å². The lowest BCUT2D eigenvalue weighted by atomic mass is 10.2. The molecule has 0 unspecified atom stereocenters. The predicted octanol–water partition coefficient (Wildman–Crippen LogP) is 2.45. The van der Waals surface area contributed by atoms with E-state index < -0.39 is 9.84 Å². The van der Waals surface area contributed by atoms with Gasteiger partial charge in [-0.3, -0.25) is 4.79 Å². The Morgan fingerprint density at radius 2 is 1.91 bits per heavy atom. The van der Waals surface area contributed by atoms with Crippen LogP contribution in [0.15, 0.2) is 35.2 Å². The van der Waals surface area contributed by atoms with Crippen LogP contribution in [0.25, 0.3) is 0 Å². The van der Waals surface area contributed by atoms with Gasteiger partial charge < -0.3 is 4.90 Å². The number of sulfone groups is 1. The first-order chi connectivity index (χ1) is 10.4. The zero-order valence-corrected chi connectivity index (χ0v) is 14.7. The number of benzene rings is 1. The third kappa shape index (κ3) is 4.74. The van der Waals surface area contributed by atoms with Crippen molar-refractivity contribution in [2.45, 2.75) is 30.4 Å². The minimum atomic E-state index is -3.05. The van der Waals surface area contributed by atoms with Crippen molar-refractivity contribution < 1.29 is 13.2 Å². The molecule has 6 heteroatoms. The molecule has 1 heterocycles. The lowest BCUT2D eigenvalue weighted by molar-refractivity contribution is -0.133. The normalized spacial score (nSPS) is 15.9. The quantitative estimate of drug-likeness (QED) is 0.715. The van der Waals surface area contributed by atoms with Crippen molar-refractivity contribution in [1.82, 2.24) is 4.90 Å². The molecule has 0 spiro atoms. The minimum Gasteiger partial charge on any atom is -0.340 e. The van der Waals surface area contributed by atoms with Gasteiger partial charge in [0, 0.05) is 30.2 Å². The van der Waals surface area contributed by atoms with Crippen LogP contribution in [0.4, 0.5) is 0 Å². The third-order valence-corrected chi connectivity index (χ3v) is 7.06. The molecule has 1 aromatic rings. The highest BCUT2D eigenvalue weighted by atomic mass is 32.2. The fraction of sp³-hybridized carbons (Fsp3) is 0.562.